The third kappa shape index (κ3) is 3.48. The Morgan fingerprint density at radius 2 is 1.94 bits per heavy atom. The third-order valence-electron chi connectivity index (χ3n) is 7.16. The number of fused-ring (bicyclic) bond motifs is 1. The van der Waals surface area contributed by atoms with Gasteiger partial charge in [-0.15, -0.1) is 0 Å². The number of likely N-dealkylation sites (tertiary alicyclic amines) is 2. The second kappa shape index (κ2) is 7.55. The number of H-pyrrole nitrogens is 1. The van der Waals surface area contributed by atoms with Crippen LogP contribution in [0.2, 0.25) is 0 Å². The largest absolute Gasteiger partial charge is 0.329 e. The van der Waals surface area contributed by atoms with Crippen LogP contribution in [0, 0.1) is 0 Å². The molecule has 166 valence electrons. The Kier molecular flexibility index (Phi) is 4.96. The number of rotatable bonds is 4. The Morgan fingerprint density at radius 3 is 2.68 bits per heavy atom. The molecule has 9 heteroatoms. The second-order valence-electron chi connectivity index (χ2n) is 9.05. The van der Waals surface area contributed by atoms with Gasteiger partial charge in [0.2, 0.25) is 11.8 Å². The van der Waals surface area contributed by atoms with E-state index >= 15 is 0 Å². The van der Waals surface area contributed by atoms with Crippen LogP contribution in [0.5, 0.6) is 0 Å². The lowest BCUT2D eigenvalue weighted by Gasteiger charge is -2.41. The van der Waals surface area contributed by atoms with Gasteiger partial charge in [-0.25, -0.2) is 8.78 Å². The summed E-state index contributed by atoms with van der Waals surface area (Å²) in [6.45, 7) is 0.344. The van der Waals surface area contributed by atoms with E-state index in [2.05, 4.69) is 15.5 Å². The number of nitrogens with zero attached hydrogens (tertiary/aromatic N) is 3. The smallest absolute Gasteiger partial charge is 0.261 e. The zero-order chi connectivity index (χ0) is 21.6. The molecule has 2 aliphatic heterocycles. The molecule has 5 rings (SSSR count). The van der Waals surface area contributed by atoms with Crippen molar-refractivity contribution in [3.63, 3.8) is 0 Å². The summed E-state index contributed by atoms with van der Waals surface area (Å²) in [7, 11) is 0. The van der Waals surface area contributed by atoms with E-state index in [0.717, 1.165) is 30.2 Å². The molecule has 1 atom stereocenters. The van der Waals surface area contributed by atoms with Crippen molar-refractivity contribution in [2.45, 2.75) is 62.4 Å². The Morgan fingerprint density at radius 1 is 1.13 bits per heavy atom. The number of alkyl halides is 2. The van der Waals surface area contributed by atoms with Crippen molar-refractivity contribution in [2.24, 2.45) is 0 Å². The first-order valence-electron chi connectivity index (χ1n) is 11.1. The number of aromatic amines is 1. The highest BCUT2D eigenvalue weighted by atomic mass is 19.3. The molecule has 31 heavy (non-hydrogen) atoms. The summed E-state index contributed by atoms with van der Waals surface area (Å²) in [6.07, 6.45) is 5.62. The van der Waals surface area contributed by atoms with Crippen LogP contribution in [0.25, 0.3) is 10.9 Å². The molecule has 2 saturated heterocycles. The van der Waals surface area contributed by atoms with E-state index in [1.807, 2.05) is 18.2 Å². The van der Waals surface area contributed by atoms with Gasteiger partial charge in [0.25, 0.3) is 5.92 Å². The number of aromatic nitrogens is 2. The quantitative estimate of drug-likeness (QED) is 0.779. The highest BCUT2D eigenvalue weighted by Gasteiger charge is 2.55. The molecule has 3 heterocycles. The van der Waals surface area contributed by atoms with Gasteiger partial charge in [0.05, 0.1) is 23.9 Å². The average Bonchev–Trinajstić information content (AvgIpc) is 3.52. The maximum absolute atomic E-state index is 14.0. The minimum atomic E-state index is -2.75. The van der Waals surface area contributed by atoms with E-state index in [-0.39, 0.29) is 31.3 Å². The van der Waals surface area contributed by atoms with Gasteiger partial charge < -0.3 is 10.2 Å². The number of hydrogen-bond donors (Lipinski definition) is 2. The predicted molar refractivity (Wildman–Crippen MR) is 112 cm³/mol. The van der Waals surface area contributed by atoms with E-state index in [1.54, 1.807) is 16.0 Å². The summed E-state index contributed by atoms with van der Waals surface area (Å²) in [5, 5.41) is 10.7. The Labute approximate surface area is 179 Å². The van der Waals surface area contributed by atoms with Crippen molar-refractivity contribution < 1.29 is 18.4 Å². The Hall–Kier alpha value is -2.55. The molecule has 2 amide bonds. The van der Waals surface area contributed by atoms with E-state index in [4.69, 9.17) is 0 Å². The molecule has 3 aliphatic rings. The second-order valence-corrected chi connectivity index (χ2v) is 9.05. The van der Waals surface area contributed by atoms with Gasteiger partial charge in [-0.2, -0.15) is 5.10 Å². The molecule has 0 bridgehead atoms. The lowest BCUT2D eigenvalue weighted by atomic mass is 9.92. The summed E-state index contributed by atoms with van der Waals surface area (Å²) in [5.41, 5.74) is 0.565. The monoisotopic (exact) mass is 431 g/mol. The van der Waals surface area contributed by atoms with Crippen molar-refractivity contribution >= 4 is 28.4 Å². The van der Waals surface area contributed by atoms with Crippen molar-refractivity contribution in [3.8, 4) is 0 Å². The van der Waals surface area contributed by atoms with Crippen molar-refractivity contribution in [1.29, 1.82) is 0 Å². The van der Waals surface area contributed by atoms with Crippen LogP contribution in [-0.4, -0.2) is 68.9 Å². The van der Waals surface area contributed by atoms with Gasteiger partial charge in [-0.1, -0.05) is 18.9 Å². The molecule has 2 N–H and O–H groups in total. The molecule has 1 aromatic heterocycles. The molecule has 3 fully saturated rings. The molecule has 1 aliphatic carbocycles. The third-order valence-corrected chi connectivity index (χ3v) is 7.16. The summed E-state index contributed by atoms with van der Waals surface area (Å²) >= 11 is 0. The summed E-state index contributed by atoms with van der Waals surface area (Å²) in [5.74, 6) is -3.14. The maximum Gasteiger partial charge on any atom is 0.261 e. The standard InChI is InChI=1S/C22H27F2N5O2/c23-22(24)10-12-28(14-22)21(8-1-2-9-21)20(31)29-11-4-7-18(29)19(30)26-16-5-3-6-17-15(16)13-25-27-17/h3,5-6,13,18H,1-2,4,7-12,14H2,(H,25,27)(H,26,30)/t18-/m1/s1. The first kappa shape index (κ1) is 20.4. The highest BCUT2D eigenvalue weighted by molar-refractivity contribution is 6.04. The number of hydrogen-bond acceptors (Lipinski definition) is 4. The highest BCUT2D eigenvalue weighted by Crippen LogP contribution is 2.43. The number of benzene rings is 1. The number of carbonyl (C=O) groups is 2. The average molecular weight is 431 g/mol. The number of amides is 2. The summed E-state index contributed by atoms with van der Waals surface area (Å²) < 4.78 is 27.9. The SMILES string of the molecule is O=C(Nc1cccc2[nH]ncc12)[C@H]1CCCN1C(=O)C1(N2CCC(F)(F)C2)CCCC1. The van der Waals surface area contributed by atoms with Crippen molar-refractivity contribution in [2.75, 3.05) is 25.0 Å². The van der Waals surface area contributed by atoms with E-state index in [9.17, 15) is 18.4 Å². The molecule has 0 radical (unpaired) electrons. The van der Waals surface area contributed by atoms with Gasteiger partial charge in [0.1, 0.15) is 11.6 Å². The molecule has 0 unspecified atom stereocenters. The van der Waals surface area contributed by atoms with E-state index < -0.39 is 17.5 Å². The van der Waals surface area contributed by atoms with Gasteiger partial charge in [-0.3, -0.25) is 19.6 Å². The van der Waals surface area contributed by atoms with Crippen LogP contribution < -0.4 is 5.32 Å². The molecule has 2 aromatic rings. The zero-order valence-electron chi connectivity index (χ0n) is 17.4. The molecule has 1 aromatic carbocycles. The van der Waals surface area contributed by atoms with Crippen LogP contribution in [0.4, 0.5) is 14.5 Å². The number of halogens is 2. The minimum absolute atomic E-state index is 0.151. The van der Waals surface area contributed by atoms with Crippen molar-refractivity contribution in [3.05, 3.63) is 24.4 Å². The fourth-order valence-corrected chi connectivity index (χ4v) is 5.57. The first-order chi connectivity index (χ1) is 14.9. The summed E-state index contributed by atoms with van der Waals surface area (Å²) in [4.78, 5) is 30.3. The number of carbonyl (C=O) groups excluding carboxylic acids is 2. The van der Waals surface area contributed by atoms with Crippen LogP contribution >= 0.6 is 0 Å². The first-order valence-corrected chi connectivity index (χ1v) is 11.1. The van der Waals surface area contributed by atoms with Crippen LogP contribution in [-0.2, 0) is 9.59 Å². The van der Waals surface area contributed by atoms with Crippen LogP contribution in [0.15, 0.2) is 24.4 Å². The topological polar surface area (TPSA) is 81.3 Å². The van der Waals surface area contributed by atoms with Gasteiger partial charge in [-0.05, 0) is 37.8 Å². The normalized spacial score (nSPS) is 25.4. The predicted octanol–water partition coefficient (Wildman–Crippen LogP) is 3.15. The Balaban J connectivity index is 1.37. The lowest BCUT2D eigenvalue weighted by Crippen LogP contribution is -2.60. The van der Waals surface area contributed by atoms with E-state index in [1.165, 1.54) is 0 Å². The zero-order valence-corrected chi connectivity index (χ0v) is 17.4. The number of nitrogens with one attached hydrogen (secondary N) is 2. The van der Waals surface area contributed by atoms with Crippen LogP contribution in [0.3, 0.4) is 0 Å². The molecule has 7 nitrogen and oxygen atoms in total. The molecular weight excluding hydrogens is 404 g/mol. The van der Waals surface area contributed by atoms with Crippen molar-refractivity contribution in [1.82, 2.24) is 20.0 Å². The number of anilines is 1. The van der Waals surface area contributed by atoms with Gasteiger partial charge in [0.15, 0.2) is 0 Å². The Bertz CT molecular complexity index is 1000. The van der Waals surface area contributed by atoms with Gasteiger partial charge in [0, 0.05) is 24.9 Å². The van der Waals surface area contributed by atoms with E-state index in [0.29, 0.717) is 31.5 Å². The molecular formula is C22H27F2N5O2. The minimum Gasteiger partial charge on any atom is -0.329 e. The lowest BCUT2D eigenvalue weighted by molar-refractivity contribution is -0.148. The van der Waals surface area contributed by atoms with Crippen LogP contribution in [0.1, 0.15) is 44.9 Å². The summed E-state index contributed by atoms with van der Waals surface area (Å²) in [6, 6.07) is 4.92. The fourth-order valence-electron chi connectivity index (χ4n) is 5.57. The van der Waals surface area contributed by atoms with Gasteiger partial charge >= 0.3 is 0 Å². The molecule has 1 saturated carbocycles. The fraction of sp³-hybridized carbons (Fsp3) is 0.591. The molecule has 0 spiro atoms. The maximum atomic E-state index is 14.0.